The molecule has 0 N–H and O–H groups in total. The number of nitrogens with zero attached hydrogens (tertiary/aromatic N) is 4. The largest absolute Gasteiger partial charge is 0.496 e. The zero-order chi connectivity index (χ0) is 31.7. The van der Waals surface area contributed by atoms with Crippen molar-refractivity contribution in [2.75, 3.05) is 45.8 Å². The quantitative estimate of drug-likeness (QED) is 0.232. The molecule has 0 aliphatic carbocycles. The third-order valence-electron chi connectivity index (χ3n) is 9.02. The van der Waals surface area contributed by atoms with Gasteiger partial charge in [0.05, 0.1) is 32.4 Å². The van der Waals surface area contributed by atoms with E-state index in [-0.39, 0.29) is 24.4 Å². The van der Waals surface area contributed by atoms with Crippen LogP contribution in [0.2, 0.25) is 5.02 Å². The zero-order valence-electron chi connectivity index (χ0n) is 26.3. The number of ether oxygens (including phenoxy) is 2. The number of benzene rings is 3. The average Bonchev–Trinajstić information content (AvgIpc) is 3.37. The van der Waals surface area contributed by atoms with Gasteiger partial charge in [0.15, 0.2) is 0 Å². The number of methoxy groups -OCH3 is 1. The van der Waals surface area contributed by atoms with Crippen molar-refractivity contribution in [3.8, 4) is 22.6 Å². The SMILES string of the molecule is CCOc1ccccc1-c1cc(OC)c(C(=O)N2Cc3ccc(C(=O)N(C)C4CCN(C)CC4)n3Cc3ccccc32)cc1Cl. The van der Waals surface area contributed by atoms with Crippen LogP contribution >= 0.6 is 11.6 Å². The van der Waals surface area contributed by atoms with E-state index in [1.807, 2.05) is 79.5 Å². The van der Waals surface area contributed by atoms with Gasteiger partial charge in [0.1, 0.15) is 17.2 Å². The van der Waals surface area contributed by atoms with E-state index >= 15 is 0 Å². The Morgan fingerprint density at radius 2 is 1.67 bits per heavy atom. The maximum absolute atomic E-state index is 14.4. The molecule has 0 saturated carbocycles. The van der Waals surface area contributed by atoms with Crippen LogP contribution in [0.3, 0.4) is 0 Å². The number of anilines is 1. The molecule has 1 fully saturated rings. The molecule has 1 saturated heterocycles. The number of likely N-dealkylation sites (tertiary alicyclic amines) is 1. The lowest BCUT2D eigenvalue weighted by atomic mass is 10.0. The number of rotatable bonds is 7. The van der Waals surface area contributed by atoms with E-state index in [1.54, 1.807) is 24.1 Å². The molecule has 4 aromatic rings. The van der Waals surface area contributed by atoms with Gasteiger partial charge in [-0.15, -0.1) is 0 Å². The summed E-state index contributed by atoms with van der Waals surface area (Å²) >= 11 is 6.87. The zero-order valence-corrected chi connectivity index (χ0v) is 27.0. The summed E-state index contributed by atoms with van der Waals surface area (Å²) in [6.45, 7) is 5.18. The smallest absolute Gasteiger partial charge is 0.270 e. The van der Waals surface area contributed by atoms with Crippen LogP contribution in [-0.2, 0) is 13.1 Å². The third-order valence-corrected chi connectivity index (χ3v) is 9.33. The van der Waals surface area contributed by atoms with Gasteiger partial charge >= 0.3 is 0 Å². The lowest BCUT2D eigenvalue weighted by molar-refractivity contribution is 0.0649. The van der Waals surface area contributed by atoms with E-state index in [0.29, 0.717) is 40.9 Å². The molecular weight excluding hydrogens is 588 g/mol. The molecule has 0 unspecified atom stereocenters. The third kappa shape index (κ3) is 5.92. The van der Waals surface area contributed by atoms with Gasteiger partial charge in [0, 0.05) is 40.6 Å². The lowest BCUT2D eigenvalue weighted by Crippen LogP contribution is -2.45. The standard InChI is InChI=1S/C36H39ClN4O4/c1-5-45-33-13-9-7-11-27(33)28-21-34(44-4)29(20-30(28)37)35(42)41-23-26-14-15-32(40(26)22-24-10-6-8-12-31(24)41)36(43)39(3)25-16-18-38(2)19-17-25/h6-15,20-21,25H,5,16-19,22-23H2,1-4H3. The average molecular weight is 627 g/mol. The predicted octanol–water partition coefficient (Wildman–Crippen LogP) is 6.59. The molecule has 0 spiro atoms. The number of hydrogen-bond donors (Lipinski definition) is 0. The number of piperidine rings is 1. The topological polar surface area (TPSA) is 67.2 Å². The highest BCUT2D eigenvalue weighted by Gasteiger charge is 2.32. The van der Waals surface area contributed by atoms with Crippen LogP contribution in [0.25, 0.3) is 11.1 Å². The minimum absolute atomic E-state index is 0.00411. The van der Waals surface area contributed by atoms with Gasteiger partial charge in [0.2, 0.25) is 0 Å². The molecule has 8 nitrogen and oxygen atoms in total. The van der Waals surface area contributed by atoms with Crippen molar-refractivity contribution < 1.29 is 19.1 Å². The van der Waals surface area contributed by atoms with Crippen molar-refractivity contribution in [1.82, 2.24) is 14.4 Å². The van der Waals surface area contributed by atoms with Gasteiger partial charge in [-0.2, -0.15) is 0 Å². The van der Waals surface area contributed by atoms with Crippen LogP contribution in [-0.4, -0.2) is 73.1 Å². The lowest BCUT2D eigenvalue weighted by Gasteiger charge is -2.35. The number of fused-ring (bicyclic) bond motifs is 2. The first-order valence-corrected chi connectivity index (χ1v) is 15.8. The summed E-state index contributed by atoms with van der Waals surface area (Å²) in [7, 11) is 5.58. The van der Waals surface area contributed by atoms with Gasteiger partial charge in [-0.05, 0) is 81.9 Å². The number of para-hydroxylation sites is 2. The minimum Gasteiger partial charge on any atom is -0.496 e. The number of aromatic nitrogens is 1. The number of carbonyl (C=O) groups excluding carboxylic acids is 2. The predicted molar refractivity (Wildman–Crippen MR) is 178 cm³/mol. The summed E-state index contributed by atoms with van der Waals surface area (Å²) in [6.07, 6.45) is 1.91. The van der Waals surface area contributed by atoms with E-state index in [1.165, 1.54) is 0 Å². The van der Waals surface area contributed by atoms with Crippen molar-refractivity contribution in [2.24, 2.45) is 0 Å². The molecule has 2 aliphatic heterocycles. The molecule has 6 rings (SSSR count). The summed E-state index contributed by atoms with van der Waals surface area (Å²) in [5.74, 6) is 0.886. The fraction of sp³-hybridized carbons (Fsp3) is 0.333. The molecule has 9 heteroatoms. The highest BCUT2D eigenvalue weighted by molar-refractivity contribution is 6.34. The van der Waals surface area contributed by atoms with Crippen molar-refractivity contribution in [3.63, 3.8) is 0 Å². The summed E-state index contributed by atoms with van der Waals surface area (Å²) in [5.41, 5.74) is 5.15. The van der Waals surface area contributed by atoms with Crippen molar-refractivity contribution in [1.29, 1.82) is 0 Å². The first-order valence-electron chi connectivity index (χ1n) is 15.4. The van der Waals surface area contributed by atoms with Gasteiger partial charge in [-0.3, -0.25) is 9.59 Å². The molecule has 2 amide bonds. The van der Waals surface area contributed by atoms with Crippen LogP contribution in [0.5, 0.6) is 11.5 Å². The Balaban J connectivity index is 1.35. The Hall–Kier alpha value is -4.27. The van der Waals surface area contributed by atoms with Gasteiger partial charge in [0.25, 0.3) is 11.8 Å². The normalized spacial score (nSPS) is 15.2. The number of carbonyl (C=O) groups is 2. The van der Waals surface area contributed by atoms with E-state index in [2.05, 4.69) is 16.5 Å². The molecule has 0 atom stereocenters. The number of amides is 2. The van der Waals surface area contributed by atoms with E-state index in [9.17, 15) is 9.59 Å². The first-order chi connectivity index (χ1) is 21.8. The van der Waals surface area contributed by atoms with Crippen LogP contribution in [0.1, 0.15) is 51.9 Å². The van der Waals surface area contributed by atoms with Gasteiger partial charge < -0.3 is 28.7 Å². The molecule has 45 heavy (non-hydrogen) atoms. The second-order valence-corrected chi connectivity index (χ2v) is 12.1. The molecular formula is C36H39ClN4O4. The fourth-order valence-corrected chi connectivity index (χ4v) is 6.73. The highest BCUT2D eigenvalue weighted by Crippen LogP contribution is 2.40. The Bertz CT molecular complexity index is 1730. The van der Waals surface area contributed by atoms with Gasteiger partial charge in [-0.1, -0.05) is 48.0 Å². The maximum Gasteiger partial charge on any atom is 0.270 e. The number of halogens is 1. The molecule has 234 valence electrons. The van der Waals surface area contributed by atoms with Crippen LogP contribution in [0.4, 0.5) is 5.69 Å². The van der Waals surface area contributed by atoms with E-state index in [4.69, 9.17) is 21.1 Å². The van der Waals surface area contributed by atoms with Crippen molar-refractivity contribution in [2.45, 2.75) is 38.9 Å². The molecule has 0 radical (unpaired) electrons. The fourth-order valence-electron chi connectivity index (χ4n) is 6.47. The van der Waals surface area contributed by atoms with Crippen LogP contribution in [0.15, 0.2) is 72.8 Å². The summed E-state index contributed by atoms with van der Waals surface area (Å²) < 4.78 is 13.7. The second kappa shape index (κ2) is 13.0. The van der Waals surface area contributed by atoms with Gasteiger partial charge in [-0.25, -0.2) is 0 Å². The highest BCUT2D eigenvalue weighted by atomic mass is 35.5. The summed E-state index contributed by atoms with van der Waals surface area (Å²) in [4.78, 5) is 34.2. The molecule has 0 bridgehead atoms. The Morgan fingerprint density at radius 3 is 2.42 bits per heavy atom. The van der Waals surface area contributed by atoms with Crippen LogP contribution < -0.4 is 14.4 Å². The Morgan fingerprint density at radius 1 is 0.933 bits per heavy atom. The molecule has 3 aromatic carbocycles. The number of hydrogen-bond acceptors (Lipinski definition) is 5. The Labute approximate surface area is 269 Å². The monoisotopic (exact) mass is 626 g/mol. The molecule has 3 heterocycles. The van der Waals surface area contributed by atoms with E-state index in [0.717, 1.165) is 54.0 Å². The first kappa shape index (κ1) is 30.7. The summed E-state index contributed by atoms with van der Waals surface area (Å²) in [6, 6.07) is 23.1. The minimum atomic E-state index is -0.239. The van der Waals surface area contributed by atoms with Crippen molar-refractivity contribution in [3.05, 3.63) is 100 Å². The Kier molecular flexibility index (Phi) is 8.88. The molecule has 1 aromatic heterocycles. The summed E-state index contributed by atoms with van der Waals surface area (Å²) in [5, 5.41) is 0.419. The van der Waals surface area contributed by atoms with Crippen molar-refractivity contribution >= 4 is 29.1 Å². The van der Waals surface area contributed by atoms with E-state index < -0.39 is 0 Å². The molecule has 2 aliphatic rings. The second-order valence-electron chi connectivity index (χ2n) is 11.7. The maximum atomic E-state index is 14.4. The van der Waals surface area contributed by atoms with Crippen LogP contribution in [0, 0.1) is 0 Å².